The van der Waals surface area contributed by atoms with E-state index in [1.807, 2.05) is 0 Å². The Morgan fingerprint density at radius 3 is 3.00 bits per heavy atom. The summed E-state index contributed by atoms with van der Waals surface area (Å²) < 4.78 is 5.34. The van der Waals surface area contributed by atoms with Crippen molar-refractivity contribution in [1.82, 2.24) is 0 Å². The fraction of sp³-hybridized carbons (Fsp3) is 0.692. The Morgan fingerprint density at radius 2 is 2.29 bits per heavy atom. The lowest BCUT2D eigenvalue weighted by atomic mass is 9.62. The number of methoxy groups -OCH3 is 1. The molecule has 78 valence electrons. The molecule has 0 aromatic heterocycles. The van der Waals surface area contributed by atoms with E-state index < -0.39 is 0 Å². The summed E-state index contributed by atoms with van der Waals surface area (Å²) in [6, 6.07) is 0. The van der Waals surface area contributed by atoms with E-state index in [1.165, 1.54) is 24.8 Å². The van der Waals surface area contributed by atoms with E-state index in [2.05, 4.69) is 26.0 Å². The van der Waals surface area contributed by atoms with Crippen LogP contribution < -0.4 is 0 Å². The van der Waals surface area contributed by atoms with E-state index >= 15 is 0 Å². The van der Waals surface area contributed by atoms with Crippen LogP contribution in [-0.4, -0.2) is 7.11 Å². The minimum Gasteiger partial charge on any atom is -0.501 e. The maximum absolute atomic E-state index is 5.34. The Hall–Kier alpha value is -0.720. The van der Waals surface area contributed by atoms with E-state index in [1.54, 1.807) is 7.11 Å². The highest BCUT2D eigenvalue weighted by Crippen LogP contribution is 2.49. The maximum atomic E-state index is 5.34. The molecule has 0 N–H and O–H groups in total. The second-order valence-corrected chi connectivity index (χ2v) is 4.87. The van der Waals surface area contributed by atoms with Crippen molar-refractivity contribution in [2.24, 2.45) is 11.3 Å². The van der Waals surface area contributed by atoms with Crippen LogP contribution in [0, 0.1) is 11.3 Å². The molecule has 0 aromatic carbocycles. The van der Waals surface area contributed by atoms with Crippen LogP contribution in [0.25, 0.3) is 0 Å². The minimum atomic E-state index is 0.417. The van der Waals surface area contributed by atoms with Gasteiger partial charge in [0.15, 0.2) is 0 Å². The predicted octanol–water partition coefficient (Wildman–Crippen LogP) is 3.67. The molecule has 1 heteroatoms. The molecule has 0 aliphatic heterocycles. The van der Waals surface area contributed by atoms with Gasteiger partial charge in [-0.25, -0.2) is 0 Å². The Labute approximate surface area is 86.8 Å². The maximum Gasteiger partial charge on any atom is 0.0958 e. The van der Waals surface area contributed by atoms with Crippen LogP contribution in [0.3, 0.4) is 0 Å². The lowest BCUT2D eigenvalue weighted by Crippen LogP contribution is -2.32. The molecule has 0 aromatic rings. The fourth-order valence-electron chi connectivity index (χ4n) is 2.73. The molecule has 2 rings (SSSR count). The first-order chi connectivity index (χ1) is 6.66. The molecule has 1 nitrogen and oxygen atoms in total. The summed E-state index contributed by atoms with van der Waals surface area (Å²) >= 11 is 0. The van der Waals surface area contributed by atoms with Gasteiger partial charge in [0.25, 0.3) is 0 Å². The molecular formula is C13H20O. The second-order valence-electron chi connectivity index (χ2n) is 4.87. The van der Waals surface area contributed by atoms with Crippen molar-refractivity contribution in [2.75, 3.05) is 7.11 Å². The summed E-state index contributed by atoms with van der Waals surface area (Å²) in [5.41, 5.74) is 1.93. The van der Waals surface area contributed by atoms with Gasteiger partial charge >= 0.3 is 0 Å². The van der Waals surface area contributed by atoms with E-state index in [0.29, 0.717) is 5.41 Å². The Balaban J connectivity index is 2.33. The average Bonchev–Trinajstić information content (AvgIpc) is 2.19. The summed E-state index contributed by atoms with van der Waals surface area (Å²) in [5.74, 6) is 1.97. The summed E-state index contributed by atoms with van der Waals surface area (Å²) in [6.07, 6.45) is 9.60. The third kappa shape index (κ3) is 1.39. The van der Waals surface area contributed by atoms with Gasteiger partial charge < -0.3 is 4.74 Å². The molecule has 0 amide bonds. The smallest absolute Gasteiger partial charge is 0.0958 e. The number of fused-ring (bicyclic) bond motifs is 1. The van der Waals surface area contributed by atoms with Gasteiger partial charge in [-0.3, -0.25) is 0 Å². The van der Waals surface area contributed by atoms with Crippen LogP contribution >= 0.6 is 0 Å². The van der Waals surface area contributed by atoms with E-state index in [0.717, 1.165) is 18.1 Å². The summed E-state index contributed by atoms with van der Waals surface area (Å²) in [5, 5.41) is 0. The van der Waals surface area contributed by atoms with Gasteiger partial charge in [-0.2, -0.15) is 0 Å². The van der Waals surface area contributed by atoms with Gasteiger partial charge in [0.2, 0.25) is 0 Å². The van der Waals surface area contributed by atoms with Crippen LogP contribution in [0.5, 0.6) is 0 Å². The minimum absolute atomic E-state index is 0.417. The number of hydrogen-bond donors (Lipinski definition) is 0. The van der Waals surface area contributed by atoms with Gasteiger partial charge in [0.1, 0.15) is 0 Å². The topological polar surface area (TPSA) is 9.23 Å². The fourth-order valence-corrected chi connectivity index (χ4v) is 2.73. The Bertz CT molecular complexity index is 288. The first kappa shape index (κ1) is 9.82. The van der Waals surface area contributed by atoms with Crippen LogP contribution in [0.15, 0.2) is 23.5 Å². The van der Waals surface area contributed by atoms with Crippen LogP contribution in [0.2, 0.25) is 0 Å². The number of rotatable bonds is 1. The van der Waals surface area contributed by atoms with E-state index in [-0.39, 0.29) is 0 Å². The SMILES string of the molecule is COC1=CC2=CCC[C@H](C)[C@@]2(C)CC1. The van der Waals surface area contributed by atoms with Crippen molar-refractivity contribution in [3.8, 4) is 0 Å². The molecule has 2 aliphatic carbocycles. The summed E-state index contributed by atoms with van der Waals surface area (Å²) in [6.45, 7) is 4.80. The second kappa shape index (κ2) is 3.45. The molecule has 14 heavy (non-hydrogen) atoms. The predicted molar refractivity (Wildman–Crippen MR) is 58.9 cm³/mol. The Morgan fingerprint density at radius 1 is 1.50 bits per heavy atom. The lowest BCUT2D eigenvalue weighted by molar-refractivity contribution is 0.180. The number of allylic oxidation sites excluding steroid dienone is 4. The van der Waals surface area contributed by atoms with Gasteiger partial charge in [0.05, 0.1) is 12.9 Å². The zero-order valence-corrected chi connectivity index (χ0v) is 9.47. The van der Waals surface area contributed by atoms with Crippen molar-refractivity contribution < 1.29 is 4.74 Å². The van der Waals surface area contributed by atoms with E-state index in [4.69, 9.17) is 4.74 Å². The summed E-state index contributed by atoms with van der Waals surface area (Å²) in [4.78, 5) is 0. The lowest BCUT2D eigenvalue weighted by Gasteiger charge is -2.43. The van der Waals surface area contributed by atoms with Crippen molar-refractivity contribution in [2.45, 2.75) is 39.5 Å². The quantitative estimate of drug-likeness (QED) is 0.616. The first-order valence-corrected chi connectivity index (χ1v) is 5.62. The third-order valence-corrected chi connectivity index (χ3v) is 4.18. The largest absolute Gasteiger partial charge is 0.501 e. The number of hydrogen-bond acceptors (Lipinski definition) is 1. The molecule has 0 saturated heterocycles. The molecule has 2 atom stereocenters. The van der Waals surface area contributed by atoms with Crippen molar-refractivity contribution in [3.63, 3.8) is 0 Å². The van der Waals surface area contributed by atoms with Crippen molar-refractivity contribution >= 4 is 0 Å². The average molecular weight is 192 g/mol. The highest BCUT2D eigenvalue weighted by atomic mass is 16.5. The van der Waals surface area contributed by atoms with Gasteiger partial charge in [-0.1, -0.05) is 19.9 Å². The van der Waals surface area contributed by atoms with Crippen molar-refractivity contribution in [1.29, 1.82) is 0 Å². The van der Waals surface area contributed by atoms with Crippen LogP contribution in [0.1, 0.15) is 39.5 Å². The monoisotopic (exact) mass is 192 g/mol. The highest BCUT2D eigenvalue weighted by molar-refractivity contribution is 5.33. The van der Waals surface area contributed by atoms with Crippen LogP contribution in [-0.2, 0) is 4.74 Å². The molecular weight excluding hydrogens is 172 g/mol. The molecule has 0 fully saturated rings. The van der Waals surface area contributed by atoms with Crippen LogP contribution in [0.4, 0.5) is 0 Å². The molecule has 0 bridgehead atoms. The number of ether oxygens (including phenoxy) is 1. The molecule has 2 aliphatic rings. The molecule has 0 saturated carbocycles. The standard InChI is InChI=1S/C13H20O/c1-10-5-4-6-11-9-12(14-3)7-8-13(10,11)2/h6,9-10H,4-5,7-8H2,1-3H3/t10-,13+/m0/s1. The zero-order valence-electron chi connectivity index (χ0n) is 9.47. The van der Waals surface area contributed by atoms with Crippen molar-refractivity contribution in [3.05, 3.63) is 23.5 Å². The highest BCUT2D eigenvalue weighted by Gasteiger charge is 2.38. The third-order valence-electron chi connectivity index (χ3n) is 4.18. The molecule has 0 spiro atoms. The molecule has 0 radical (unpaired) electrons. The van der Waals surface area contributed by atoms with Gasteiger partial charge in [-0.15, -0.1) is 0 Å². The van der Waals surface area contributed by atoms with Gasteiger partial charge in [0, 0.05) is 6.42 Å². The van der Waals surface area contributed by atoms with Gasteiger partial charge in [-0.05, 0) is 42.2 Å². The van der Waals surface area contributed by atoms with E-state index in [9.17, 15) is 0 Å². The normalized spacial score (nSPS) is 36.9. The zero-order chi connectivity index (χ0) is 10.2. The molecule has 0 unspecified atom stereocenters. The Kier molecular flexibility index (Phi) is 2.42. The molecule has 0 heterocycles. The summed E-state index contributed by atoms with van der Waals surface area (Å²) in [7, 11) is 1.78. The first-order valence-electron chi connectivity index (χ1n) is 5.62.